The van der Waals surface area contributed by atoms with Gasteiger partial charge in [-0.05, 0) is 62.9 Å². The first-order valence-corrected chi connectivity index (χ1v) is 12.1. The molecule has 1 aliphatic rings. The average Bonchev–Trinajstić information content (AvgIpc) is 2.91. The van der Waals surface area contributed by atoms with Gasteiger partial charge < -0.3 is 24.6 Å². The summed E-state index contributed by atoms with van der Waals surface area (Å²) in [6.45, 7) is 5.98. The van der Waals surface area contributed by atoms with E-state index < -0.39 is 6.04 Å². The highest BCUT2D eigenvalue weighted by Crippen LogP contribution is 2.26. The Morgan fingerprint density at radius 3 is 2.31 bits per heavy atom. The quantitative estimate of drug-likeness (QED) is 0.594. The SMILES string of the molecule is CCN(CC)C(=O)C(NC(=O)c1cccc(OC)c1)C1CCN(C(=O)c2ccccc2OC)CC1. The standard InChI is InChI=1S/C27H35N3O5/c1-5-29(6-2)27(33)24(28-25(31)20-10-9-11-21(18-20)34-3)19-14-16-30(17-15-19)26(32)22-12-7-8-13-23(22)35-4/h7-13,18-19,24H,5-6,14-17H2,1-4H3,(H,28,31). The molecule has 35 heavy (non-hydrogen) atoms. The zero-order valence-electron chi connectivity index (χ0n) is 21.0. The molecule has 0 bridgehead atoms. The number of para-hydroxylation sites is 1. The molecule has 2 aromatic rings. The van der Waals surface area contributed by atoms with E-state index in [4.69, 9.17) is 9.47 Å². The first-order chi connectivity index (χ1) is 16.9. The third-order valence-electron chi connectivity index (χ3n) is 6.60. The van der Waals surface area contributed by atoms with E-state index in [1.165, 1.54) is 0 Å². The van der Waals surface area contributed by atoms with E-state index in [2.05, 4.69) is 5.32 Å². The summed E-state index contributed by atoms with van der Waals surface area (Å²) in [6, 6.07) is 13.4. The normalized spacial score (nSPS) is 14.7. The van der Waals surface area contributed by atoms with Crippen molar-refractivity contribution in [2.45, 2.75) is 32.7 Å². The van der Waals surface area contributed by atoms with E-state index in [0.29, 0.717) is 61.6 Å². The van der Waals surface area contributed by atoms with Crippen LogP contribution in [0.3, 0.4) is 0 Å². The summed E-state index contributed by atoms with van der Waals surface area (Å²) in [7, 11) is 3.09. The second-order valence-corrected chi connectivity index (χ2v) is 8.52. The summed E-state index contributed by atoms with van der Waals surface area (Å²) in [5, 5.41) is 2.99. The van der Waals surface area contributed by atoms with Crippen molar-refractivity contribution in [2.24, 2.45) is 5.92 Å². The minimum absolute atomic E-state index is 0.0839. The van der Waals surface area contributed by atoms with Crippen molar-refractivity contribution in [2.75, 3.05) is 40.4 Å². The summed E-state index contributed by atoms with van der Waals surface area (Å²) in [6.07, 6.45) is 1.22. The fourth-order valence-electron chi connectivity index (χ4n) is 4.53. The van der Waals surface area contributed by atoms with Gasteiger partial charge in [0.15, 0.2) is 0 Å². The van der Waals surface area contributed by atoms with Crippen LogP contribution in [0.2, 0.25) is 0 Å². The molecule has 0 radical (unpaired) electrons. The van der Waals surface area contributed by atoms with Gasteiger partial charge in [-0.2, -0.15) is 0 Å². The molecule has 3 amide bonds. The molecule has 8 heteroatoms. The number of benzene rings is 2. The molecule has 1 unspecified atom stereocenters. The summed E-state index contributed by atoms with van der Waals surface area (Å²) in [5.74, 6) is 0.530. The van der Waals surface area contributed by atoms with Crippen LogP contribution in [0.1, 0.15) is 47.4 Å². The van der Waals surface area contributed by atoms with Crippen LogP contribution >= 0.6 is 0 Å². The van der Waals surface area contributed by atoms with Crippen LogP contribution in [0.15, 0.2) is 48.5 Å². The number of nitrogens with zero attached hydrogens (tertiary/aromatic N) is 2. The molecule has 1 aliphatic heterocycles. The van der Waals surface area contributed by atoms with E-state index in [9.17, 15) is 14.4 Å². The number of methoxy groups -OCH3 is 2. The van der Waals surface area contributed by atoms with Gasteiger partial charge in [0.1, 0.15) is 17.5 Å². The number of carbonyl (C=O) groups is 3. The molecule has 1 heterocycles. The van der Waals surface area contributed by atoms with Gasteiger partial charge in [0.25, 0.3) is 11.8 Å². The molecule has 0 spiro atoms. The van der Waals surface area contributed by atoms with Crippen LogP contribution in [0.25, 0.3) is 0 Å². The second-order valence-electron chi connectivity index (χ2n) is 8.52. The fraction of sp³-hybridized carbons (Fsp3) is 0.444. The maximum atomic E-state index is 13.4. The fourth-order valence-corrected chi connectivity index (χ4v) is 4.53. The number of rotatable bonds is 9. The highest BCUT2D eigenvalue weighted by atomic mass is 16.5. The van der Waals surface area contributed by atoms with E-state index in [0.717, 1.165) is 0 Å². The first-order valence-electron chi connectivity index (χ1n) is 12.1. The molecule has 1 saturated heterocycles. The molecule has 0 aromatic heterocycles. The van der Waals surface area contributed by atoms with Crippen LogP contribution in [0.5, 0.6) is 11.5 Å². The third kappa shape index (κ3) is 6.12. The van der Waals surface area contributed by atoms with Gasteiger partial charge in [-0.25, -0.2) is 0 Å². The molecular formula is C27H35N3O5. The van der Waals surface area contributed by atoms with Crippen molar-refractivity contribution < 1.29 is 23.9 Å². The van der Waals surface area contributed by atoms with Gasteiger partial charge in [0.2, 0.25) is 5.91 Å². The molecule has 1 atom stereocenters. The average molecular weight is 482 g/mol. The lowest BCUT2D eigenvalue weighted by atomic mass is 9.87. The number of nitrogens with one attached hydrogen (secondary N) is 1. The van der Waals surface area contributed by atoms with Crippen molar-refractivity contribution in [3.63, 3.8) is 0 Å². The Labute approximate surface area is 207 Å². The largest absolute Gasteiger partial charge is 0.497 e. The highest BCUT2D eigenvalue weighted by Gasteiger charge is 2.36. The van der Waals surface area contributed by atoms with Gasteiger partial charge in [0, 0.05) is 31.7 Å². The van der Waals surface area contributed by atoms with Crippen molar-refractivity contribution >= 4 is 17.7 Å². The number of likely N-dealkylation sites (N-methyl/N-ethyl adjacent to an activating group) is 1. The number of piperidine rings is 1. The predicted octanol–water partition coefficient (Wildman–Crippen LogP) is 3.22. The lowest BCUT2D eigenvalue weighted by Gasteiger charge is -2.37. The maximum absolute atomic E-state index is 13.4. The van der Waals surface area contributed by atoms with Gasteiger partial charge in [-0.1, -0.05) is 18.2 Å². The first kappa shape index (κ1) is 26.1. The van der Waals surface area contributed by atoms with E-state index >= 15 is 0 Å². The molecule has 0 aliphatic carbocycles. The van der Waals surface area contributed by atoms with Crippen molar-refractivity contribution in [1.82, 2.24) is 15.1 Å². The number of ether oxygens (including phenoxy) is 2. The van der Waals surface area contributed by atoms with E-state index in [1.54, 1.807) is 60.4 Å². The third-order valence-corrected chi connectivity index (χ3v) is 6.60. The van der Waals surface area contributed by atoms with Crippen LogP contribution < -0.4 is 14.8 Å². The van der Waals surface area contributed by atoms with E-state index in [-0.39, 0.29) is 23.6 Å². The molecule has 188 valence electrons. The summed E-state index contributed by atoms with van der Waals surface area (Å²) < 4.78 is 10.6. The second kappa shape index (κ2) is 12.2. The Hall–Kier alpha value is -3.55. The van der Waals surface area contributed by atoms with Crippen molar-refractivity contribution in [3.8, 4) is 11.5 Å². The summed E-state index contributed by atoms with van der Waals surface area (Å²) in [4.78, 5) is 43.1. The Morgan fingerprint density at radius 1 is 1.00 bits per heavy atom. The van der Waals surface area contributed by atoms with Crippen molar-refractivity contribution in [1.29, 1.82) is 0 Å². The summed E-state index contributed by atoms with van der Waals surface area (Å²) in [5.41, 5.74) is 0.959. The topological polar surface area (TPSA) is 88.2 Å². The van der Waals surface area contributed by atoms with Gasteiger partial charge in [-0.15, -0.1) is 0 Å². The highest BCUT2D eigenvalue weighted by molar-refractivity contribution is 5.98. The molecule has 1 N–H and O–H groups in total. The molecule has 8 nitrogen and oxygen atoms in total. The number of hydrogen-bond acceptors (Lipinski definition) is 5. The van der Waals surface area contributed by atoms with Gasteiger partial charge in [0.05, 0.1) is 19.8 Å². The predicted molar refractivity (Wildman–Crippen MR) is 134 cm³/mol. The maximum Gasteiger partial charge on any atom is 0.257 e. The summed E-state index contributed by atoms with van der Waals surface area (Å²) >= 11 is 0. The van der Waals surface area contributed by atoms with Crippen LogP contribution in [-0.2, 0) is 4.79 Å². The van der Waals surface area contributed by atoms with E-state index in [1.807, 2.05) is 26.0 Å². The Kier molecular flexibility index (Phi) is 9.11. The minimum Gasteiger partial charge on any atom is -0.497 e. The lowest BCUT2D eigenvalue weighted by molar-refractivity contribution is -0.134. The number of amides is 3. The van der Waals surface area contributed by atoms with Crippen molar-refractivity contribution in [3.05, 3.63) is 59.7 Å². The monoisotopic (exact) mass is 481 g/mol. The Morgan fingerprint density at radius 2 is 1.69 bits per heavy atom. The molecule has 2 aromatic carbocycles. The Bertz CT molecular complexity index is 1030. The smallest absolute Gasteiger partial charge is 0.257 e. The number of hydrogen-bond donors (Lipinski definition) is 1. The molecular weight excluding hydrogens is 446 g/mol. The lowest BCUT2D eigenvalue weighted by Crippen LogP contribution is -2.54. The zero-order valence-corrected chi connectivity index (χ0v) is 21.0. The minimum atomic E-state index is -0.669. The number of likely N-dealkylation sites (tertiary alicyclic amines) is 1. The van der Waals surface area contributed by atoms with Gasteiger partial charge >= 0.3 is 0 Å². The zero-order chi connectivity index (χ0) is 25.4. The van der Waals surface area contributed by atoms with Crippen LogP contribution in [0.4, 0.5) is 0 Å². The molecule has 0 saturated carbocycles. The van der Waals surface area contributed by atoms with Crippen LogP contribution in [0, 0.1) is 5.92 Å². The van der Waals surface area contributed by atoms with Crippen LogP contribution in [-0.4, -0.2) is 74.0 Å². The molecule has 1 fully saturated rings. The number of carbonyl (C=O) groups excluding carboxylic acids is 3. The molecule has 3 rings (SSSR count). The van der Waals surface area contributed by atoms with Gasteiger partial charge in [-0.3, -0.25) is 14.4 Å². The Balaban J connectivity index is 1.75.